The molecule has 2 aliphatic heterocycles. The lowest BCUT2D eigenvalue weighted by molar-refractivity contribution is 0.0224. The van der Waals surface area contributed by atoms with Crippen molar-refractivity contribution in [1.29, 1.82) is 0 Å². The zero-order valence-corrected chi connectivity index (χ0v) is 17.9. The minimum atomic E-state index is -1.06. The van der Waals surface area contributed by atoms with Gasteiger partial charge in [-0.2, -0.15) is 0 Å². The molecule has 4 nitrogen and oxygen atoms in total. The molecule has 30 heavy (non-hydrogen) atoms. The Morgan fingerprint density at radius 3 is 2.43 bits per heavy atom. The highest BCUT2D eigenvalue weighted by molar-refractivity contribution is 6.31. The number of carbonyl (C=O) groups is 1. The van der Waals surface area contributed by atoms with E-state index < -0.39 is 5.60 Å². The third kappa shape index (κ3) is 2.50. The van der Waals surface area contributed by atoms with E-state index in [0.29, 0.717) is 22.1 Å². The number of aryl methyl sites for hydroxylation is 1. The topological polar surface area (TPSA) is 38.8 Å². The summed E-state index contributed by atoms with van der Waals surface area (Å²) < 4.78 is 12.5. The summed E-state index contributed by atoms with van der Waals surface area (Å²) in [6, 6.07) is 17.5. The number of hydrogen-bond acceptors (Lipinski definition) is 4. The molecule has 3 aromatic rings. The van der Waals surface area contributed by atoms with Crippen LogP contribution in [-0.2, 0) is 10.3 Å². The van der Waals surface area contributed by atoms with Crippen LogP contribution < -0.4 is 9.64 Å². The van der Waals surface area contributed by atoms with Crippen molar-refractivity contribution in [2.45, 2.75) is 26.4 Å². The minimum Gasteiger partial charge on any atom is -0.456 e. The van der Waals surface area contributed by atoms with Crippen molar-refractivity contribution in [3.8, 4) is 11.5 Å². The number of benzene rings is 3. The van der Waals surface area contributed by atoms with E-state index in [9.17, 15) is 4.79 Å². The van der Waals surface area contributed by atoms with E-state index in [0.717, 1.165) is 41.0 Å². The average molecular weight is 420 g/mol. The SMILES string of the molecule is CCN(CC)c1ccc2c(c1)C1(OC(=O)c3ccccc31)c1cc(C)c(Cl)cc1O2. The van der Waals surface area contributed by atoms with E-state index in [-0.39, 0.29) is 5.97 Å². The Kier molecular flexibility index (Phi) is 4.30. The van der Waals surface area contributed by atoms with E-state index >= 15 is 0 Å². The first-order valence-electron chi connectivity index (χ1n) is 10.2. The predicted molar refractivity (Wildman–Crippen MR) is 118 cm³/mol. The van der Waals surface area contributed by atoms with Gasteiger partial charge in [0.15, 0.2) is 5.60 Å². The zero-order chi connectivity index (χ0) is 21.0. The van der Waals surface area contributed by atoms with Gasteiger partial charge in [-0.15, -0.1) is 0 Å². The first kappa shape index (κ1) is 19.0. The Bertz CT molecular complexity index is 1190. The Hall–Kier alpha value is -2.98. The highest BCUT2D eigenvalue weighted by Crippen LogP contribution is 2.57. The van der Waals surface area contributed by atoms with Crippen LogP contribution in [0.15, 0.2) is 54.6 Å². The van der Waals surface area contributed by atoms with Gasteiger partial charge < -0.3 is 14.4 Å². The summed E-state index contributed by atoms with van der Waals surface area (Å²) in [6.07, 6.45) is 0. The molecule has 0 radical (unpaired) electrons. The van der Waals surface area contributed by atoms with E-state index in [1.165, 1.54) is 0 Å². The first-order chi connectivity index (χ1) is 14.5. The molecule has 1 unspecified atom stereocenters. The van der Waals surface area contributed by atoms with Crippen molar-refractivity contribution in [1.82, 2.24) is 0 Å². The Labute approximate surface area is 181 Å². The molecule has 0 fully saturated rings. The summed E-state index contributed by atoms with van der Waals surface area (Å²) in [5.41, 5.74) is 3.95. The van der Waals surface area contributed by atoms with E-state index in [4.69, 9.17) is 21.1 Å². The molecule has 0 bridgehead atoms. The molecular formula is C25H22ClNO3. The van der Waals surface area contributed by atoms with Crippen LogP contribution in [0, 0.1) is 6.92 Å². The van der Waals surface area contributed by atoms with Crippen LogP contribution in [0.5, 0.6) is 11.5 Å². The second-order valence-electron chi connectivity index (χ2n) is 7.67. The fraction of sp³-hybridized carbons (Fsp3) is 0.240. The minimum absolute atomic E-state index is 0.328. The van der Waals surface area contributed by atoms with Gasteiger partial charge in [-0.25, -0.2) is 4.79 Å². The van der Waals surface area contributed by atoms with Crippen LogP contribution in [0.3, 0.4) is 0 Å². The number of rotatable bonds is 3. The molecule has 2 aliphatic rings. The average Bonchev–Trinajstić information content (AvgIpc) is 3.05. The van der Waals surface area contributed by atoms with Crippen LogP contribution in [-0.4, -0.2) is 19.1 Å². The smallest absolute Gasteiger partial charge is 0.340 e. The largest absolute Gasteiger partial charge is 0.456 e. The summed E-state index contributed by atoms with van der Waals surface area (Å²) in [7, 11) is 0. The molecule has 1 atom stereocenters. The zero-order valence-electron chi connectivity index (χ0n) is 17.2. The lowest BCUT2D eigenvalue weighted by Gasteiger charge is -2.37. The first-order valence-corrected chi connectivity index (χ1v) is 10.6. The van der Waals surface area contributed by atoms with Gasteiger partial charge in [0.1, 0.15) is 11.5 Å². The monoisotopic (exact) mass is 419 g/mol. The summed E-state index contributed by atoms with van der Waals surface area (Å²) in [4.78, 5) is 15.2. The summed E-state index contributed by atoms with van der Waals surface area (Å²) in [5, 5.41) is 0.615. The summed E-state index contributed by atoms with van der Waals surface area (Å²) >= 11 is 6.41. The molecule has 3 aromatic carbocycles. The second kappa shape index (κ2) is 6.78. The van der Waals surface area contributed by atoms with Gasteiger partial charge in [-0.1, -0.05) is 29.8 Å². The second-order valence-corrected chi connectivity index (χ2v) is 8.08. The molecular weight excluding hydrogens is 398 g/mol. The maximum Gasteiger partial charge on any atom is 0.340 e. The van der Waals surface area contributed by atoms with Gasteiger partial charge in [0, 0.05) is 46.6 Å². The van der Waals surface area contributed by atoms with Gasteiger partial charge in [0.05, 0.1) is 5.56 Å². The predicted octanol–water partition coefficient (Wildman–Crippen LogP) is 6.06. The number of fused-ring (bicyclic) bond motifs is 6. The number of carbonyl (C=O) groups excluding carboxylic acids is 1. The van der Waals surface area contributed by atoms with Crippen LogP contribution >= 0.6 is 11.6 Å². The van der Waals surface area contributed by atoms with E-state index in [1.54, 1.807) is 0 Å². The van der Waals surface area contributed by atoms with Crippen LogP contribution in [0.25, 0.3) is 0 Å². The molecule has 5 rings (SSSR count). The number of esters is 1. The molecule has 2 heterocycles. The normalized spacial score (nSPS) is 18.3. The fourth-order valence-electron chi connectivity index (χ4n) is 4.57. The van der Waals surface area contributed by atoms with Crippen molar-refractivity contribution < 1.29 is 14.3 Å². The van der Waals surface area contributed by atoms with Gasteiger partial charge in [0.2, 0.25) is 0 Å². The molecule has 0 saturated heterocycles. The highest BCUT2D eigenvalue weighted by atomic mass is 35.5. The van der Waals surface area contributed by atoms with E-state index in [2.05, 4.69) is 24.8 Å². The van der Waals surface area contributed by atoms with Crippen molar-refractivity contribution in [3.05, 3.63) is 87.4 Å². The molecule has 1 spiro atoms. The quantitative estimate of drug-likeness (QED) is 0.483. The van der Waals surface area contributed by atoms with Gasteiger partial charge in [0.25, 0.3) is 0 Å². The number of nitrogens with zero attached hydrogens (tertiary/aromatic N) is 1. The summed E-state index contributed by atoms with van der Waals surface area (Å²) in [6.45, 7) is 7.96. The number of hydrogen-bond donors (Lipinski definition) is 0. The molecule has 0 amide bonds. The number of anilines is 1. The Balaban J connectivity index is 1.85. The Morgan fingerprint density at radius 1 is 0.933 bits per heavy atom. The van der Waals surface area contributed by atoms with Crippen LogP contribution in [0.2, 0.25) is 5.02 Å². The maximum atomic E-state index is 12.9. The van der Waals surface area contributed by atoms with Gasteiger partial charge in [-0.05, 0) is 56.7 Å². The van der Waals surface area contributed by atoms with Crippen molar-refractivity contribution >= 4 is 23.3 Å². The van der Waals surface area contributed by atoms with Crippen molar-refractivity contribution in [3.63, 3.8) is 0 Å². The summed E-state index contributed by atoms with van der Waals surface area (Å²) in [5.74, 6) is 0.950. The lowest BCUT2D eigenvalue weighted by atomic mass is 9.77. The van der Waals surface area contributed by atoms with Crippen molar-refractivity contribution in [2.24, 2.45) is 0 Å². The fourth-order valence-corrected chi connectivity index (χ4v) is 4.72. The van der Waals surface area contributed by atoms with Crippen LogP contribution in [0.1, 0.15) is 46.5 Å². The number of halogens is 1. The van der Waals surface area contributed by atoms with Gasteiger partial charge >= 0.3 is 5.97 Å². The molecule has 0 aliphatic carbocycles. The molecule has 0 saturated carbocycles. The van der Waals surface area contributed by atoms with Crippen molar-refractivity contribution in [2.75, 3.05) is 18.0 Å². The molecule has 5 heteroatoms. The maximum absolute atomic E-state index is 12.9. The third-order valence-electron chi connectivity index (χ3n) is 6.10. The Morgan fingerprint density at radius 2 is 1.67 bits per heavy atom. The lowest BCUT2D eigenvalue weighted by Crippen LogP contribution is -2.33. The third-order valence-corrected chi connectivity index (χ3v) is 6.51. The van der Waals surface area contributed by atoms with Gasteiger partial charge in [-0.3, -0.25) is 0 Å². The van der Waals surface area contributed by atoms with Crippen LogP contribution in [0.4, 0.5) is 5.69 Å². The highest BCUT2D eigenvalue weighted by Gasteiger charge is 2.53. The number of ether oxygens (including phenoxy) is 2. The molecule has 0 aromatic heterocycles. The molecule has 0 N–H and O–H groups in total. The molecule has 152 valence electrons. The van der Waals surface area contributed by atoms with E-state index in [1.807, 2.05) is 55.5 Å². The standard InChI is InChI=1S/C25H22ClNO3/c1-4-27(5-2)16-10-11-22-20(13-16)25(18-9-7-6-8-17(18)24(28)30-25)19-12-15(3)21(26)14-23(19)29-22/h6-14H,4-5H2,1-3H3.